The molecule has 2 fully saturated rings. The van der Waals surface area contributed by atoms with Gasteiger partial charge in [-0.15, -0.1) is 0 Å². The maximum Gasteiger partial charge on any atom is 0.270 e. The molecule has 1 saturated carbocycles. The molecule has 2 atom stereocenters. The highest BCUT2D eigenvalue weighted by Crippen LogP contribution is 2.38. The van der Waals surface area contributed by atoms with Gasteiger partial charge in [0.15, 0.2) is 5.69 Å². The largest absolute Gasteiger partial charge is 0.364 e. The van der Waals surface area contributed by atoms with Crippen molar-refractivity contribution in [1.29, 1.82) is 0 Å². The fourth-order valence-electron chi connectivity index (χ4n) is 6.52. The minimum atomic E-state index is -0.428. The van der Waals surface area contributed by atoms with Crippen LogP contribution in [0.3, 0.4) is 0 Å². The van der Waals surface area contributed by atoms with Gasteiger partial charge >= 0.3 is 0 Å². The van der Waals surface area contributed by atoms with Gasteiger partial charge in [-0.3, -0.25) is 14.0 Å². The van der Waals surface area contributed by atoms with Crippen LogP contribution in [-0.4, -0.2) is 35.8 Å². The van der Waals surface area contributed by atoms with Crippen LogP contribution in [0, 0.1) is 11.8 Å². The first-order valence-corrected chi connectivity index (χ1v) is 13.1. The Morgan fingerprint density at radius 3 is 2.16 bits per heavy atom. The third kappa shape index (κ3) is 5.03. The molecule has 5 nitrogen and oxygen atoms in total. The summed E-state index contributed by atoms with van der Waals surface area (Å²) in [5, 5.41) is 5.45. The number of hydrogen-bond donors (Lipinski definition) is 1. The van der Waals surface area contributed by atoms with Gasteiger partial charge in [-0.25, -0.2) is 0 Å². The zero-order valence-corrected chi connectivity index (χ0v) is 20.3. The molecule has 1 aliphatic carbocycles. The maximum atomic E-state index is 12.2. The second-order valence-corrected chi connectivity index (χ2v) is 10.7. The maximum absolute atomic E-state index is 12.2. The summed E-state index contributed by atoms with van der Waals surface area (Å²) in [5.41, 5.74) is 8.40. The normalized spacial score (nSPS) is 27.0. The van der Waals surface area contributed by atoms with Crippen molar-refractivity contribution in [2.45, 2.75) is 83.5 Å². The van der Waals surface area contributed by atoms with Crippen molar-refractivity contribution in [1.82, 2.24) is 14.3 Å². The van der Waals surface area contributed by atoms with Gasteiger partial charge in [-0.2, -0.15) is 5.10 Å². The van der Waals surface area contributed by atoms with Gasteiger partial charge in [0.2, 0.25) is 0 Å². The molecule has 0 radical (unpaired) electrons. The summed E-state index contributed by atoms with van der Waals surface area (Å²) in [6.45, 7) is 2.25. The Balaban J connectivity index is 1.63. The summed E-state index contributed by atoms with van der Waals surface area (Å²) in [6.07, 6.45) is 18.0. The van der Waals surface area contributed by atoms with Crippen molar-refractivity contribution in [2.24, 2.45) is 24.6 Å². The van der Waals surface area contributed by atoms with E-state index in [4.69, 9.17) is 5.73 Å². The molecule has 32 heavy (non-hydrogen) atoms. The molecule has 2 N–H and O–H groups in total. The number of nitrogens with two attached hydrogens (primary N) is 1. The number of aryl methyl sites for hydroxylation is 1. The molecule has 1 aliphatic heterocycles. The zero-order valence-electron chi connectivity index (χ0n) is 20.3. The molecule has 0 spiro atoms. The summed E-state index contributed by atoms with van der Waals surface area (Å²) >= 11 is 0. The van der Waals surface area contributed by atoms with Crippen LogP contribution >= 0.6 is 0 Å². The highest BCUT2D eigenvalue weighted by atomic mass is 16.1. The Hall–Kier alpha value is -1.88. The monoisotopic (exact) mass is 439 g/mol. The molecular weight excluding hydrogens is 396 g/mol. The van der Waals surface area contributed by atoms with Crippen LogP contribution in [0.15, 0.2) is 18.2 Å². The molecule has 2 aromatic rings. The molecule has 0 bridgehead atoms. The van der Waals surface area contributed by atoms with Crippen LogP contribution in [0.5, 0.6) is 0 Å². The van der Waals surface area contributed by atoms with Crippen LogP contribution in [0.25, 0.3) is 10.9 Å². The minimum absolute atomic E-state index is 0.421. The van der Waals surface area contributed by atoms with Crippen molar-refractivity contribution >= 4 is 22.5 Å². The lowest BCUT2D eigenvalue weighted by Gasteiger charge is -2.36. The predicted molar refractivity (Wildman–Crippen MR) is 134 cm³/mol. The van der Waals surface area contributed by atoms with Gasteiger partial charge in [0, 0.05) is 13.5 Å². The van der Waals surface area contributed by atoms with E-state index in [9.17, 15) is 4.79 Å². The number of carbonyl (C=O) groups excluding carboxylic acids is 1. The van der Waals surface area contributed by atoms with E-state index >= 15 is 0 Å². The Morgan fingerprint density at radius 2 is 1.50 bits per heavy atom. The van der Waals surface area contributed by atoms with Crippen molar-refractivity contribution in [3.63, 3.8) is 0 Å². The van der Waals surface area contributed by atoms with Gasteiger partial charge in [-0.05, 0) is 43.2 Å². The van der Waals surface area contributed by atoms with Crippen LogP contribution in [0.1, 0.15) is 94.0 Å². The first kappa shape index (κ1) is 23.3. The zero-order chi connectivity index (χ0) is 22.6. The average Bonchev–Trinajstić information content (AvgIpc) is 3.22. The molecule has 176 valence electrons. The molecule has 2 aliphatic rings. The number of amides is 1. The Bertz CT molecular complexity index is 910. The van der Waals surface area contributed by atoms with Crippen molar-refractivity contribution < 1.29 is 4.79 Å². The number of rotatable bonds is 3. The van der Waals surface area contributed by atoms with E-state index in [1.54, 1.807) is 0 Å². The number of primary amides is 1. The SMILES string of the molecule is Cn1nc(C(N)=O)c2c([N+]3(C)CCCCCC(C4CCCCCCCC4)CC3)cccc21. The molecule has 1 aromatic carbocycles. The highest BCUT2D eigenvalue weighted by molar-refractivity contribution is 6.08. The second-order valence-electron chi connectivity index (χ2n) is 10.7. The number of quaternary nitrogens is 1. The first-order valence-electron chi connectivity index (χ1n) is 13.1. The quantitative estimate of drug-likeness (QED) is 0.602. The van der Waals surface area contributed by atoms with Crippen LogP contribution in [0.2, 0.25) is 0 Å². The van der Waals surface area contributed by atoms with Crippen molar-refractivity contribution in [3.05, 3.63) is 23.9 Å². The Labute approximate surface area is 193 Å². The summed E-state index contributed by atoms with van der Waals surface area (Å²) < 4.78 is 2.69. The number of fused-ring (bicyclic) bond motifs is 1. The third-order valence-corrected chi connectivity index (χ3v) is 8.46. The summed E-state index contributed by atoms with van der Waals surface area (Å²) in [4.78, 5) is 12.2. The molecule has 5 heteroatoms. The first-order chi connectivity index (χ1) is 15.5. The van der Waals surface area contributed by atoms with Gasteiger partial charge < -0.3 is 5.73 Å². The lowest BCUT2D eigenvalue weighted by molar-refractivity contribution is 0.0996. The van der Waals surface area contributed by atoms with E-state index in [0.29, 0.717) is 5.69 Å². The number of aromatic nitrogens is 2. The lowest BCUT2D eigenvalue weighted by Crippen LogP contribution is -2.47. The van der Waals surface area contributed by atoms with Crippen LogP contribution in [0.4, 0.5) is 5.69 Å². The summed E-state index contributed by atoms with van der Waals surface area (Å²) in [5.74, 6) is 1.31. The van der Waals surface area contributed by atoms with Crippen LogP contribution < -0.4 is 10.2 Å². The smallest absolute Gasteiger partial charge is 0.270 e. The number of benzene rings is 1. The predicted octanol–water partition coefficient (Wildman–Crippen LogP) is 5.94. The molecule has 2 heterocycles. The van der Waals surface area contributed by atoms with E-state index < -0.39 is 5.91 Å². The Morgan fingerprint density at radius 1 is 0.906 bits per heavy atom. The molecule has 2 unspecified atom stereocenters. The van der Waals surface area contributed by atoms with E-state index in [-0.39, 0.29) is 0 Å². The van der Waals surface area contributed by atoms with Crippen molar-refractivity contribution in [3.8, 4) is 0 Å². The minimum Gasteiger partial charge on any atom is -0.364 e. The van der Waals surface area contributed by atoms with E-state index in [0.717, 1.165) is 40.3 Å². The van der Waals surface area contributed by atoms with Gasteiger partial charge in [0.1, 0.15) is 5.69 Å². The summed E-state index contributed by atoms with van der Waals surface area (Å²) in [7, 11) is 4.28. The molecule has 1 amide bonds. The fraction of sp³-hybridized carbons (Fsp3) is 0.704. The van der Waals surface area contributed by atoms with Crippen LogP contribution in [-0.2, 0) is 7.05 Å². The Kier molecular flexibility index (Phi) is 7.55. The lowest BCUT2D eigenvalue weighted by atomic mass is 9.79. The van der Waals surface area contributed by atoms with E-state index in [1.807, 2.05) is 11.7 Å². The fourth-order valence-corrected chi connectivity index (χ4v) is 6.52. The van der Waals surface area contributed by atoms with Crippen molar-refractivity contribution in [2.75, 3.05) is 20.1 Å². The average molecular weight is 440 g/mol. The topological polar surface area (TPSA) is 60.9 Å². The highest BCUT2D eigenvalue weighted by Gasteiger charge is 2.33. The van der Waals surface area contributed by atoms with E-state index in [1.165, 1.54) is 89.2 Å². The number of carbonyl (C=O) groups is 1. The molecule has 4 rings (SSSR count). The van der Waals surface area contributed by atoms with Gasteiger partial charge in [0.25, 0.3) is 5.91 Å². The van der Waals surface area contributed by atoms with E-state index in [2.05, 4.69) is 30.3 Å². The van der Waals surface area contributed by atoms with Gasteiger partial charge in [-0.1, -0.05) is 63.9 Å². The van der Waals surface area contributed by atoms with Gasteiger partial charge in [0.05, 0.1) is 31.0 Å². The number of hydrogen-bond acceptors (Lipinski definition) is 2. The molecular formula is C27H43N4O+. The number of nitrogens with zero attached hydrogens (tertiary/aromatic N) is 3. The second kappa shape index (κ2) is 10.4. The standard InChI is InChI=1S/C27H42N4O/c1-30-23-16-12-17-24(25(23)26(29-30)27(28)32)31(2)19-11-7-10-15-22(18-20-31)21-13-8-5-3-4-6-9-14-21/h12,16-17,21-22H,3-11,13-15,18-20H2,1-2H3,(H-,28,32)/p+1. The molecule has 1 saturated heterocycles. The third-order valence-electron chi connectivity index (χ3n) is 8.46. The summed E-state index contributed by atoms with van der Waals surface area (Å²) in [6, 6.07) is 6.39. The molecule has 1 aromatic heterocycles.